The summed E-state index contributed by atoms with van der Waals surface area (Å²) in [6, 6.07) is 0. The topological polar surface area (TPSA) is 0 Å². The number of rotatable bonds is 3. The fraction of sp³-hybridized carbons (Fsp3) is 0.667. The van der Waals surface area contributed by atoms with Crippen LogP contribution in [-0.4, -0.2) is 4.08 Å². The molecule has 0 fully saturated rings. The van der Waals surface area contributed by atoms with E-state index in [4.69, 9.17) is 0 Å². The van der Waals surface area contributed by atoms with Crippen LogP contribution in [0.4, 0.5) is 0 Å². The van der Waals surface area contributed by atoms with E-state index in [0.29, 0.717) is 0 Å². The predicted molar refractivity (Wildman–Crippen MR) is 45.8 cm³/mol. The zero-order valence-electron chi connectivity index (χ0n) is 5.09. The largest absolute Gasteiger partial charge is 0.158 e. The van der Waals surface area contributed by atoms with Crippen LogP contribution in [0.3, 0.4) is 0 Å². The Morgan fingerprint density at radius 1 is 1.62 bits per heavy atom. The summed E-state index contributed by atoms with van der Waals surface area (Å²) in [6.45, 7) is 5.70. The Bertz CT molecular complexity index is 76.6. The van der Waals surface area contributed by atoms with Gasteiger partial charge in [-0.1, -0.05) is 19.4 Å². The van der Waals surface area contributed by atoms with E-state index in [0.717, 1.165) is 12.8 Å². The van der Waals surface area contributed by atoms with Gasteiger partial charge in [-0.25, -0.2) is 0 Å². The van der Waals surface area contributed by atoms with Gasteiger partial charge < -0.3 is 0 Å². The molecule has 0 unspecified atom stereocenters. The van der Waals surface area contributed by atoms with Gasteiger partial charge in [0.05, 0.1) is 4.08 Å². The molecule has 0 rings (SSSR count). The first-order valence-electron chi connectivity index (χ1n) is 2.70. The van der Waals surface area contributed by atoms with Crippen molar-refractivity contribution in [2.75, 3.05) is 0 Å². The van der Waals surface area contributed by atoms with Gasteiger partial charge in [0.25, 0.3) is 0 Å². The molecule has 0 amide bonds. The molecule has 0 saturated carbocycles. The smallest absolute Gasteiger partial charge is 0.0730 e. The first-order chi connectivity index (χ1) is 3.62. The summed E-state index contributed by atoms with van der Waals surface area (Å²) >= 11 is 8.43. The minimum Gasteiger partial charge on any atom is -0.158 e. The molecule has 0 aliphatic rings. The summed E-state index contributed by atoms with van der Waals surface area (Å²) in [4.78, 5) is 0. The summed E-state index contributed by atoms with van der Waals surface area (Å²) in [5.74, 6) is 0. The maximum absolute atomic E-state index is 4.21. The summed E-state index contributed by atoms with van der Waals surface area (Å²) in [6.07, 6.45) is 3.82. The zero-order chi connectivity index (χ0) is 6.62. The minimum absolute atomic E-state index is 0.255. The molecule has 0 nitrogen and oxygen atoms in total. The first kappa shape index (κ1) is 8.44. The fourth-order valence-corrected chi connectivity index (χ4v) is 0.917. The van der Waals surface area contributed by atoms with Crippen molar-refractivity contribution in [1.82, 2.24) is 0 Å². The van der Waals surface area contributed by atoms with Gasteiger partial charge in [0.1, 0.15) is 0 Å². The third kappa shape index (κ3) is 3.44. The standard InChI is InChI=1S/C6H12S2/c1-3-5-6(7,8)4-2/h4,7-8H,2-3,5H2,1H3. The van der Waals surface area contributed by atoms with Crippen molar-refractivity contribution in [2.24, 2.45) is 0 Å². The van der Waals surface area contributed by atoms with E-state index in [2.05, 4.69) is 38.8 Å². The molecule has 48 valence electrons. The third-order valence-corrected chi connectivity index (χ3v) is 1.76. The Morgan fingerprint density at radius 3 is 2.25 bits per heavy atom. The quantitative estimate of drug-likeness (QED) is 0.343. The molecule has 0 spiro atoms. The molecule has 8 heavy (non-hydrogen) atoms. The molecule has 0 aromatic carbocycles. The lowest BCUT2D eigenvalue weighted by molar-refractivity contribution is 0.801. The highest BCUT2D eigenvalue weighted by Gasteiger charge is 2.11. The molecule has 0 aromatic heterocycles. The fourth-order valence-electron chi connectivity index (χ4n) is 0.470. The predicted octanol–water partition coefficient (Wildman–Crippen LogP) is 2.53. The number of thiol groups is 2. The zero-order valence-corrected chi connectivity index (χ0v) is 6.88. The van der Waals surface area contributed by atoms with Crippen molar-refractivity contribution in [3.8, 4) is 0 Å². The van der Waals surface area contributed by atoms with Crippen LogP contribution in [0.2, 0.25) is 0 Å². The van der Waals surface area contributed by atoms with Gasteiger partial charge in [-0.3, -0.25) is 0 Å². The van der Waals surface area contributed by atoms with Crippen LogP contribution in [0.1, 0.15) is 19.8 Å². The van der Waals surface area contributed by atoms with E-state index in [1.807, 2.05) is 0 Å². The number of hydrogen-bond acceptors (Lipinski definition) is 2. The molecule has 0 atom stereocenters. The summed E-state index contributed by atoms with van der Waals surface area (Å²) in [7, 11) is 0. The Balaban J connectivity index is 3.53. The molecule has 0 aliphatic carbocycles. The van der Waals surface area contributed by atoms with Crippen LogP contribution in [-0.2, 0) is 0 Å². The van der Waals surface area contributed by atoms with Crippen molar-refractivity contribution in [3.05, 3.63) is 12.7 Å². The van der Waals surface area contributed by atoms with Crippen molar-refractivity contribution < 1.29 is 0 Å². The summed E-state index contributed by atoms with van der Waals surface area (Å²) < 4.78 is -0.255. The SMILES string of the molecule is C=CC(S)(S)CCC. The normalized spacial score (nSPS) is 11.4. The summed E-state index contributed by atoms with van der Waals surface area (Å²) in [5.41, 5.74) is 0. The molecular weight excluding hydrogens is 136 g/mol. The monoisotopic (exact) mass is 148 g/mol. The Labute approximate surface area is 62.2 Å². The van der Waals surface area contributed by atoms with Gasteiger partial charge in [0.2, 0.25) is 0 Å². The van der Waals surface area contributed by atoms with Gasteiger partial charge in [-0.2, -0.15) is 25.3 Å². The van der Waals surface area contributed by atoms with Crippen LogP contribution in [0.5, 0.6) is 0 Å². The second-order valence-corrected chi connectivity index (χ2v) is 3.78. The van der Waals surface area contributed by atoms with Crippen LogP contribution >= 0.6 is 25.3 Å². The van der Waals surface area contributed by atoms with Gasteiger partial charge in [-0.15, -0.1) is 6.58 Å². The summed E-state index contributed by atoms with van der Waals surface area (Å²) in [5, 5.41) is 0. The molecule has 0 heterocycles. The first-order valence-corrected chi connectivity index (χ1v) is 3.60. The molecule has 2 heteroatoms. The average molecular weight is 148 g/mol. The van der Waals surface area contributed by atoms with Gasteiger partial charge in [0.15, 0.2) is 0 Å². The average Bonchev–Trinajstić information content (AvgIpc) is 1.67. The molecular formula is C6H12S2. The highest BCUT2D eigenvalue weighted by molar-refractivity contribution is 8.00. The second kappa shape index (κ2) is 3.46. The van der Waals surface area contributed by atoms with Crippen LogP contribution in [0, 0.1) is 0 Å². The third-order valence-electron chi connectivity index (χ3n) is 0.945. The molecule has 0 radical (unpaired) electrons. The van der Waals surface area contributed by atoms with E-state index in [-0.39, 0.29) is 4.08 Å². The highest BCUT2D eigenvalue weighted by atomic mass is 32.2. The Kier molecular flexibility index (Phi) is 3.65. The van der Waals surface area contributed by atoms with Crippen molar-refractivity contribution in [2.45, 2.75) is 23.8 Å². The van der Waals surface area contributed by atoms with Crippen molar-refractivity contribution in [1.29, 1.82) is 0 Å². The lowest BCUT2D eigenvalue weighted by Crippen LogP contribution is -2.06. The van der Waals surface area contributed by atoms with Crippen LogP contribution < -0.4 is 0 Å². The molecule has 0 aliphatic heterocycles. The van der Waals surface area contributed by atoms with Gasteiger partial charge >= 0.3 is 0 Å². The lowest BCUT2D eigenvalue weighted by atomic mass is 10.2. The van der Waals surface area contributed by atoms with E-state index in [1.165, 1.54) is 0 Å². The van der Waals surface area contributed by atoms with Crippen molar-refractivity contribution >= 4 is 25.3 Å². The van der Waals surface area contributed by atoms with Crippen LogP contribution in [0.15, 0.2) is 12.7 Å². The van der Waals surface area contributed by atoms with Gasteiger partial charge in [-0.05, 0) is 6.42 Å². The minimum atomic E-state index is -0.255. The maximum atomic E-state index is 4.21. The Hall–Kier alpha value is 0.440. The van der Waals surface area contributed by atoms with E-state index >= 15 is 0 Å². The molecule has 0 aromatic rings. The van der Waals surface area contributed by atoms with Crippen molar-refractivity contribution in [3.63, 3.8) is 0 Å². The molecule has 0 saturated heterocycles. The van der Waals surface area contributed by atoms with E-state index in [9.17, 15) is 0 Å². The molecule has 0 bridgehead atoms. The maximum Gasteiger partial charge on any atom is 0.0730 e. The number of hydrogen-bond donors (Lipinski definition) is 2. The van der Waals surface area contributed by atoms with E-state index < -0.39 is 0 Å². The van der Waals surface area contributed by atoms with Gasteiger partial charge in [0, 0.05) is 0 Å². The van der Waals surface area contributed by atoms with E-state index in [1.54, 1.807) is 6.08 Å². The lowest BCUT2D eigenvalue weighted by Gasteiger charge is -2.14. The van der Waals surface area contributed by atoms with Crippen LogP contribution in [0.25, 0.3) is 0 Å². The molecule has 0 N–H and O–H groups in total. The highest BCUT2D eigenvalue weighted by Crippen LogP contribution is 2.25. The second-order valence-electron chi connectivity index (χ2n) is 1.83. The Morgan fingerprint density at radius 2 is 2.12 bits per heavy atom.